The lowest BCUT2D eigenvalue weighted by molar-refractivity contribution is 0.603. The number of rotatable bonds is 5. The second kappa shape index (κ2) is 6.29. The van der Waals surface area contributed by atoms with E-state index in [0.29, 0.717) is 6.54 Å². The summed E-state index contributed by atoms with van der Waals surface area (Å²) in [6, 6.07) is 16.0. The Kier molecular flexibility index (Phi) is 4.03. The highest BCUT2D eigenvalue weighted by atomic mass is 32.2. The topological polar surface area (TPSA) is 56.5 Å². The summed E-state index contributed by atoms with van der Waals surface area (Å²) in [6.45, 7) is 0.679. The van der Waals surface area contributed by atoms with Crippen LogP contribution in [-0.4, -0.2) is 25.2 Å². The van der Waals surface area contributed by atoms with Gasteiger partial charge in [-0.1, -0.05) is 48.2 Å². The molecule has 0 fully saturated rings. The second-order valence-electron chi connectivity index (χ2n) is 4.21. The van der Waals surface area contributed by atoms with Crippen molar-refractivity contribution in [1.29, 1.82) is 0 Å². The molecule has 2 heterocycles. The molecule has 0 atom stereocenters. The van der Waals surface area contributed by atoms with Crippen LogP contribution >= 0.6 is 11.8 Å². The second-order valence-corrected chi connectivity index (χ2v) is 5.16. The minimum Gasteiger partial charge on any atom is -0.260 e. The Morgan fingerprint density at radius 2 is 1.85 bits per heavy atom. The number of nitrogens with zero attached hydrogens (tertiary/aromatic N) is 5. The van der Waals surface area contributed by atoms with Gasteiger partial charge in [-0.3, -0.25) is 4.98 Å². The first kappa shape index (κ1) is 12.8. The summed E-state index contributed by atoms with van der Waals surface area (Å²) < 4.78 is 1.81. The zero-order valence-electron chi connectivity index (χ0n) is 10.8. The van der Waals surface area contributed by atoms with E-state index in [-0.39, 0.29) is 0 Å². The van der Waals surface area contributed by atoms with Crippen LogP contribution < -0.4 is 0 Å². The highest BCUT2D eigenvalue weighted by Gasteiger charge is 2.07. The molecule has 5 nitrogen and oxygen atoms in total. The quantitative estimate of drug-likeness (QED) is 0.673. The smallest absolute Gasteiger partial charge is 0.210 e. The van der Waals surface area contributed by atoms with Gasteiger partial charge in [0.25, 0.3) is 0 Å². The molecule has 3 rings (SSSR count). The Balaban J connectivity index is 1.68. The lowest BCUT2D eigenvalue weighted by Crippen LogP contribution is -2.03. The normalized spacial score (nSPS) is 10.6. The van der Waals surface area contributed by atoms with Crippen molar-refractivity contribution in [2.45, 2.75) is 17.5 Å². The maximum absolute atomic E-state index is 4.29. The van der Waals surface area contributed by atoms with Crippen LogP contribution in [0.5, 0.6) is 0 Å². The molecule has 0 saturated carbocycles. The van der Waals surface area contributed by atoms with Crippen LogP contribution in [0.25, 0.3) is 0 Å². The third kappa shape index (κ3) is 3.21. The summed E-state index contributed by atoms with van der Waals surface area (Å²) in [4.78, 5) is 4.29. The van der Waals surface area contributed by atoms with Crippen molar-refractivity contribution in [3.8, 4) is 0 Å². The standard InChI is InChI=1S/C14H13N5S/c1-2-6-12(7-3-1)10-19-14(16-17-18-19)20-11-13-8-4-5-9-15-13/h1-9H,10-11H2. The SMILES string of the molecule is c1ccc(Cn2nnnc2SCc2ccccn2)cc1. The highest BCUT2D eigenvalue weighted by Crippen LogP contribution is 2.19. The molecule has 6 heteroatoms. The van der Waals surface area contributed by atoms with Gasteiger partial charge in [-0.2, -0.15) is 0 Å². The third-order valence-electron chi connectivity index (χ3n) is 2.75. The maximum atomic E-state index is 4.29. The van der Waals surface area contributed by atoms with Gasteiger partial charge >= 0.3 is 0 Å². The summed E-state index contributed by atoms with van der Waals surface area (Å²) in [5.74, 6) is 0.760. The minimum atomic E-state index is 0.679. The Labute approximate surface area is 121 Å². The molecule has 3 aromatic rings. The predicted molar refractivity (Wildman–Crippen MR) is 77.2 cm³/mol. The number of benzene rings is 1. The average molecular weight is 283 g/mol. The van der Waals surface area contributed by atoms with Crippen LogP contribution in [0, 0.1) is 0 Å². The molecule has 0 bridgehead atoms. The van der Waals surface area contributed by atoms with E-state index in [4.69, 9.17) is 0 Å². The maximum Gasteiger partial charge on any atom is 0.210 e. The van der Waals surface area contributed by atoms with Crippen LogP contribution in [0.15, 0.2) is 59.9 Å². The van der Waals surface area contributed by atoms with E-state index in [9.17, 15) is 0 Å². The van der Waals surface area contributed by atoms with Crippen molar-refractivity contribution in [3.05, 3.63) is 66.0 Å². The molecule has 0 aliphatic rings. The molecule has 1 aromatic carbocycles. The van der Waals surface area contributed by atoms with Crippen molar-refractivity contribution in [2.24, 2.45) is 0 Å². The number of hydrogen-bond acceptors (Lipinski definition) is 5. The van der Waals surface area contributed by atoms with Gasteiger partial charge in [-0.25, -0.2) is 4.68 Å². The largest absolute Gasteiger partial charge is 0.260 e. The summed E-state index contributed by atoms with van der Waals surface area (Å²) in [7, 11) is 0. The minimum absolute atomic E-state index is 0.679. The molecule has 0 saturated heterocycles. The molecule has 0 amide bonds. The molecule has 0 aliphatic heterocycles. The Hall–Kier alpha value is -2.21. The molecule has 0 spiro atoms. The molecular formula is C14H13N5S. The van der Waals surface area contributed by atoms with E-state index in [1.807, 2.05) is 41.1 Å². The van der Waals surface area contributed by atoms with E-state index in [2.05, 4.69) is 32.6 Å². The number of thioether (sulfide) groups is 1. The van der Waals surface area contributed by atoms with Gasteiger partial charge in [0.2, 0.25) is 5.16 Å². The van der Waals surface area contributed by atoms with Crippen molar-refractivity contribution in [3.63, 3.8) is 0 Å². The van der Waals surface area contributed by atoms with Crippen molar-refractivity contribution in [2.75, 3.05) is 0 Å². The van der Waals surface area contributed by atoms with Gasteiger partial charge in [0.05, 0.1) is 12.2 Å². The molecule has 2 aromatic heterocycles. The van der Waals surface area contributed by atoms with E-state index in [1.54, 1.807) is 18.0 Å². The Morgan fingerprint density at radius 1 is 1.00 bits per heavy atom. The summed E-state index contributed by atoms with van der Waals surface area (Å²) >= 11 is 1.59. The Morgan fingerprint density at radius 3 is 2.65 bits per heavy atom. The van der Waals surface area contributed by atoms with E-state index in [0.717, 1.165) is 16.6 Å². The van der Waals surface area contributed by atoms with Crippen LogP contribution in [0.4, 0.5) is 0 Å². The van der Waals surface area contributed by atoms with Crippen molar-refractivity contribution < 1.29 is 0 Å². The fraction of sp³-hybridized carbons (Fsp3) is 0.143. The lowest BCUT2D eigenvalue weighted by Gasteiger charge is -2.04. The Bertz CT molecular complexity index is 654. The third-order valence-corrected chi connectivity index (χ3v) is 3.74. The first-order valence-electron chi connectivity index (χ1n) is 6.24. The van der Waals surface area contributed by atoms with Crippen molar-refractivity contribution in [1.82, 2.24) is 25.2 Å². The number of tetrazole rings is 1. The van der Waals surface area contributed by atoms with Crippen LogP contribution in [0.1, 0.15) is 11.3 Å². The van der Waals surface area contributed by atoms with Crippen molar-refractivity contribution >= 4 is 11.8 Å². The zero-order chi connectivity index (χ0) is 13.6. The predicted octanol–water partition coefficient (Wildman–Crippen LogP) is 2.41. The summed E-state index contributed by atoms with van der Waals surface area (Å²) in [5, 5.41) is 12.7. The first-order valence-corrected chi connectivity index (χ1v) is 7.23. The molecule has 0 N–H and O–H groups in total. The highest BCUT2D eigenvalue weighted by molar-refractivity contribution is 7.98. The molecule has 0 aliphatic carbocycles. The van der Waals surface area contributed by atoms with E-state index >= 15 is 0 Å². The van der Waals surface area contributed by atoms with Gasteiger partial charge in [-0.15, -0.1) is 5.10 Å². The zero-order valence-corrected chi connectivity index (χ0v) is 11.6. The van der Waals surface area contributed by atoms with Crippen LogP contribution in [0.3, 0.4) is 0 Å². The lowest BCUT2D eigenvalue weighted by atomic mass is 10.2. The molecule has 0 unspecified atom stereocenters. The fourth-order valence-corrected chi connectivity index (χ4v) is 2.57. The number of aromatic nitrogens is 5. The van der Waals surface area contributed by atoms with E-state index in [1.165, 1.54) is 5.56 Å². The van der Waals surface area contributed by atoms with Crippen LogP contribution in [0.2, 0.25) is 0 Å². The molecular weight excluding hydrogens is 270 g/mol. The summed E-state index contributed by atoms with van der Waals surface area (Å²) in [5.41, 5.74) is 2.20. The average Bonchev–Trinajstić information content (AvgIpc) is 2.94. The van der Waals surface area contributed by atoms with Gasteiger partial charge < -0.3 is 0 Å². The van der Waals surface area contributed by atoms with Gasteiger partial charge in [0.1, 0.15) is 0 Å². The monoisotopic (exact) mass is 283 g/mol. The van der Waals surface area contributed by atoms with Crippen LogP contribution in [-0.2, 0) is 12.3 Å². The number of pyridine rings is 1. The van der Waals surface area contributed by atoms with Gasteiger partial charge in [0.15, 0.2) is 0 Å². The molecule has 100 valence electrons. The summed E-state index contributed by atoms with van der Waals surface area (Å²) in [6.07, 6.45) is 1.79. The number of hydrogen-bond donors (Lipinski definition) is 0. The fourth-order valence-electron chi connectivity index (χ4n) is 1.78. The first-order chi connectivity index (χ1) is 9.92. The molecule has 20 heavy (non-hydrogen) atoms. The molecule has 0 radical (unpaired) electrons. The van der Waals surface area contributed by atoms with Gasteiger partial charge in [0, 0.05) is 11.9 Å². The van der Waals surface area contributed by atoms with E-state index < -0.39 is 0 Å². The van der Waals surface area contributed by atoms with Gasteiger partial charge in [-0.05, 0) is 28.1 Å².